The lowest BCUT2D eigenvalue weighted by Crippen LogP contribution is -2.14. The van der Waals surface area contributed by atoms with Gasteiger partial charge < -0.3 is 4.74 Å². The minimum atomic E-state index is -0.334. The zero-order valence-electron chi connectivity index (χ0n) is 12.6. The third-order valence-corrected chi connectivity index (χ3v) is 3.94. The molecule has 3 aromatic rings. The van der Waals surface area contributed by atoms with Crippen molar-refractivity contribution in [1.29, 1.82) is 0 Å². The molecule has 3 heterocycles. The lowest BCUT2D eigenvalue weighted by atomic mass is 10.2. The van der Waals surface area contributed by atoms with E-state index < -0.39 is 0 Å². The van der Waals surface area contributed by atoms with E-state index in [-0.39, 0.29) is 18.0 Å². The summed E-state index contributed by atoms with van der Waals surface area (Å²) in [4.78, 5) is 16.7. The van der Waals surface area contributed by atoms with Crippen LogP contribution in [0.25, 0.3) is 10.9 Å². The van der Waals surface area contributed by atoms with Crippen molar-refractivity contribution in [2.45, 2.75) is 18.9 Å². The summed E-state index contributed by atoms with van der Waals surface area (Å²) >= 11 is 0. The number of nitrogens with zero attached hydrogens (tertiary/aromatic N) is 4. The lowest BCUT2D eigenvalue weighted by Gasteiger charge is -2.02. The van der Waals surface area contributed by atoms with Crippen LogP contribution in [0.4, 0.5) is 5.95 Å². The van der Waals surface area contributed by atoms with E-state index in [0.29, 0.717) is 11.5 Å². The van der Waals surface area contributed by atoms with Gasteiger partial charge in [0.05, 0.1) is 5.52 Å². The molecule has 0 spiro atoms. The Morgan fingerprint density at radius 1 is 1.43 bits per heavy atom. The van der Waals surface area contributed by atoms with Crippen LogP contribution in [0.5, 0.6) is 0 Å². The first-order chi connectivity index (χ1) is 11.2. The van der Waals surface area contributed by atoms with Crippen molar-refractivity contribution < 1.29 is 9.53 Å². The number of aromatic amines is 1. The highest BCUT2D eigenvalue weighted by atomic mass is 16.5. The molecular formula is C15H16N6O2. The molecule has 23 heavy (non-hydrogen) atoms. The van der Waals surface area contributed by atoms with Crippen molar-refractivity contribution in [3.63, 3.8) is 0 Å². The molecule has 1 aliphatic heterocycles. The largest absolute Gasteiger partial charge is 0.370 e. The Balaban J connectivity index is 1.57. The number of carbonyl (C=O) groups excluding carboxylic acids is 1. The molecule has 0 saturated carbocycles. The molecule has 1 unspecified atom stereocenters. The number of hydrogen-bond acceptors (Lipinski definition) is 5. The minimum absolute atomic E-state index is 0.0659. The Hall–Kier alpha value is -2.74. The summed E-state index contributed by atoms with van der Waals surface area (Å²) in [5.74, 6) is 0.540. The van der Waals surface area contributed by atoms with Crippen LogP contribution in [0.3, 0.4) is 0 Å². The highest BCUT2D eigenvalue weighted by Gasteiger charge is 2.23. The monoisotopic (exact) mass is 312 g/mol. The van der Waals surface area contributed by atoms with E-state index in [9.17, 15) is 4.79 Å². The Labute approximate surface area is 131 Å². The molecule has 8 nitrogen and oxygen atoms in total. The number of H-pyrrole nitrogens is 1. The van der Waals surface area contributed by atoms with Gasteiger partial charge in [0.15, 0.2) is 11.5 Å². The van der Waals surface area contributed by atoms with E-state index in [1.807, 2.05) is 24.3 Å². The van der Waals surface area contributed by atoms with Crippen molar-refractivity contribution in [1.82, 2.24) is 25.0 Å². The van der Waals surface area contributed by atoms with Gasteiger partial charge in [-0.25, -0.2) is 0 Å². The highest BCUT2D eigenvalue weighted by Crippen LogP contribution is 2.26. The molecule has 1 atom stereocenters. The van der Waals surface area contributed by atoms with Gasteiger partial charge in [-0.2, -0.15) is 10.1 Å². The Bertz CT molecular complexity index is 862. The summed E-state index contributed by atoms with van der Waals surface area (Å²) in [6.45, 7) is 0.729. The predicted molar refractivity (Wildman–Crippen MR) is 83.0 cm³/mol. The third-order valence-electron chi connectivity index (χ3n) is 3.94. The fourth-order valence-electron chi connectivity index (χ4n) is 2.81. The molecular weight excluding hydrogens is 296 g/mol. The SMILES string of the molecule is Cn1nc(C(=O)Nc2n[nH]c(C3CCCO3)n2)c2ccccc21. The maximum absolute atomic E-state index is 12.5. The first-order valence-corrected chi connectivity index (χ1v) is 7.49. The molecule has 2 aromatic heterocycles. The van der Waals surface area contributed by atoms with Crippen molar-refractivity contribution in [3.8, 4) is 0 Å². The number of anilines is 1. The number of amides is 1. The summed E-state index contributed by atoms with van der Waals surface area (Å²) in [7, 11) is 1.81. The number of aryl methyl sites for hydroxylation is 1. The van der Waals surface area contributed by atoms with Crippen molar-refractivity contribution in [3.05, 3.63) is 35.8 Å². The molecule has 4 rings (SSSR count). The van der Waals surface area contributed by atoms with Gasteiger partial charge in [-0.3, -0.25) is 19.9 Å². The van der Waals surface area contributed by atoms with E-state index in [4.69, 9.17) is 4.74 Å². The van der Waals surface area contributed by atoms with Gasteiger partial charge in [0, 0.05) is 19.0 Å². The lowest BCUT2D eigenvalue weighted by molar-refractivity contribution is 0.102. The van der Waals surface area contributed by atoms with Gasteiger partial charge in [0.25, 0.3) is 5.91 Å². The van der Waals surface area contributed by atoms with Crippen LogP contribution in [0, 0.1) is 0 Å². The third kappa shape index (κ3) is 2.46. The van der Waals surface area contributed by atoms with Gasteiger partial charge in [-0.05, 0) is 18.9 Å². The molecule has 1 saturated heterocycles. The van der Waals surface area contributed by atoms with E-state index in [2.05, 4.69) is 25.6 Å². The number of nitrogens with one attached hydrogen (secondary N) is 2. The number of fused-ring (bicyclic) bond motifs is 1. The van der Waals surface area contributed by atoms with E-state index in [1.165, 1.54) is 0 Å². The Morgan fingerprint density at radius 3 is 3.13 bits per heavy atom. The van der Waals surface area contributed by atoms with Crippen LogP contribution in [-0.4, -0.2) is 37.5 Å². The first kappa shape index (κ1) is 13.9. The summed E-state index contributed by atoms with van der Waals surface area (Å²) in [5.41, 5.74) is 1.25. The summed E-state index contributed by atoms with van der Waals surface area (Å²) in [5, 5.41) is 14.6. The van der Waals surface area contributed by atoms with Gasteiger partial charge in [-0.15, -0.1) is 5.10 Å². The van der Waals surface area contributed by atoms with Gasteiger partial charge >= 0.3 is 0 Å². The molecule has 0 bridgehead atoms. The van der Waals surface area contributed by atoms with Gasteiger partial charge in [0.2, 0.25) is 5.95 Å². The molecule has 0 radical (unpaired) electrons. The summed E-state index contributed by atoms with van der Waals surface area (Å²) in [6.07, 6.45) is 1.85. The maximum Gasteiger partial charge on any atom is 0.279 e. The van der Waals surface area contributed by atoms with E-state index in [0.717, 1.165) is 30.4 Å². The normalized spacial score (nSPS) is 17.7. The number of carbonyl (C=O) groups is 1. The smallest absolute Gasteiger partial charge is 0.279 e. The highest BCUT2D eigenvalue weighted by molar-refractivity contribution is 6.10. The Morgan fingerprint density at radius 2 is 2.30 bits per heavy atom. The van der Waals surface area contributed by atoms with Gasteiger partial charge in [0.1, 0.15) is 6.10 Å². The maximum atomic E-state index is 12.5. The number of aromatic nitrogens is 5. The topological polar surface area (TPSA) is 97.7 Å². The molecule has 1 aromatic carbocycles. The average molecular weight is 312 g/mol. The predicted octanol–water partition coefficient (Wildman–Crippen LogP) is 1.80. The second-order valence-electron chi connectivity index (χ2n) is 5.49. The molecule has 1 fully saturated rings. The number of ether oxygens (including phenoxy) is 1. The fourth-order valence-corrected chi connectivity index (χ4v) is 2.81. The van der Waals surface area contributed by atoms with Gasteiger partial charge in [-0.1, -0.05) is 18.2 Å². The molecule has 8 heteroatoms. The minimum Gasteiger partial charge on any atom is -0.370 e. The fraction of sp³-hybridized carbons (Fsp3) is 0.333. The molecule has 0 aliphatic carbocycles. The number of hydrogen-bond donors (Lipinski definition) is 2. The zero-order valence-corrected chi connectivity index (χ0v) is 12.6. The van der Waals surface area contributed by atoms with Crippen LogP contribution in [-0.2, 0) is 11.8 Å². The zero-order chi connectivity index (χ0) is 15.8. The second-order valence-corrected chi connectivity index (χ2v) is 5.49. The number of rotatable bonds is 3. The quantitative estimate of drug-likeness (QED) is 0.768. The molecule has 2 N–H and O–H groups in total. The van der Waals surface area contributed by atoms with Crippen LogP contribution < -0.4 is 5.32 Å². The second kappa shape index (κ2) is 5.47. The van der Waals surface area contributed by atoms with Crippen LogP contribution in [0.15, 0.2) is 24.3 Å². The average Bonchev–Trinajstić information content (AvgIpc) is 3.27. The van der Waals surface area contributed by atoms with Crippen molar-refractivity contribution in [2.24, 2.45) is 7.05 Å². The summed E-state index contributed by atoms with van der Waals surface area (Å²) < 4.78 is 7.22. The molecule has 1 amide bonds. The summed E-state index contributed by atoms with van der Waals surface area (Å²) in [6, 6.07) is 7.58. The van der Waals surface area contributed by atoms with Crippen molar-refractivity contribution in [2.75, 3.05) is 11.9 Å². The number of para-hydroxylation sites is 1. The van der Waals surface area contributed by atoms with E-state index >= 15 is 0 Å². The molecule has 1 aliphatic rings. The Kier molecular flexibility index (Phi) is 3.30. The standard InChI is InChI=1S/C15H16N6O2/c1-21-10-6-3-2-5-9(10)12(20-21)14(22)17-15-16-13(18-19-15)11-7-4-8-23-11/h2-3,5-6,11H,4,7-8H2,1H3,(H2,16,17,18,19,22). The van der Waals surface area contributed by atoms with Crippen LogP contribution >= 0.6 is 0 Å². The van der Waals surface area contributed by atoms with Crippen molar-refractivity contribution >= 4 is 22.8 Å². The van der Waals surface area contributed by atoms with Crippen LogP contribution in [0.2, 0.25) is 0 Å². The van der Waals surface area contributed by atoms with E-state index in [1.54, 1.807) is 11.7 Å². The first-order valence-electron chi connectivity index (χ1n) is 7.49. The molecule has 118 valence electrons. The number of benzene rings is 1. The van der Waals surface area contributed by atoms with Crippen LogP contribution in [0.1, 0.15) is 35.3 Å².